The molecule has 0 bridgehead atoms. The Morgan fingerprint density at radius 2 is 1.81 bits per heavy atom. The Labute approximate surface area is 212 Å². The molecule has 0 spiro atoms. The summed E-state index contributed by atoms with van der Waals surface area (Å²) in [5.74, 6) is -1.01. The Morgan fingerprint density at radius 3 is 2.42 bits per heavy atom. The number of non-ortho nitro benzene ring substituents is 1. The smallest absolute Gasteiger partial charge is 0.269 e. The molecule has 4 rings (SSSR count). The Kier molecular flexibility index (Phi) is 8.40. The van der Waals surface area contributed by atoms with E-state index in [1.54, 1.807) is 17.0 Å². The van der Waals surface area contributed by atoms with Gasteiger partial charge in [-0.2, -0.15) is 0 Å². The zero-order valence-corrected chi connectivity index (χ0v) is 20.4. The van der Waals surface area contributed by atoms with E-state index in [-0.39, 0.29) is 48.7 Å². The number of amides is 2. The predicted octanol–water partition coefficient (Wildman–Crippen LogP) is 4.65. The van der Waals surface area contributed by atoms with E-state index in [9.17, 15) is 24.1 Å². The quantitative estimate of drug-likeness (QED) is 0.292. The number of thiophene rings is 1. The predicted molar refractivity (Wildman–Crippen MR) is 133 cm³/mol. The van der Waals surface area contributed by atoms with E-state index < -0.39 is 10.8 Å². The number of benzene rings is 2. The van der Waals surface area contributed by atoms with Crippen molar-refractivity contribution in [2.45, 2.75) is 32.0 Å². The lowest BCUT2D eigenvalue weighted by molar-refractivity contribution is -0.384. The fraction of sp³-hybridized carbons (Fsp3) is 0.308. The van der Waals surface area contributed by atoms with Crippen LogP contribution in [0.2, 0.25) is 0 Å². The van der Waals surface area contributed by atoms with Crippen molar-refractivity contribution in [3.63, 3.8) is 0 Å². The number of hydrogen-bond acceptors (Lipinski definition) is 6. The molecule has 8 nitrogen and oxygen atoms in total. The van der Waals surface area contributed by atoms with Crippen molar-refractivity contribution < 1.29 is 23.6 Å². The van der Waals surface area contributed by atoms with E-state index in [4.69, 9.17) is 4.74 Å². The second-order valence-electron chi connectivity index (χ2n) is 8.58. The van der Waals surface area contributed by atoms with Gasteiger partial charge in [-0.15, -0.1) is 11.3 Å². The van der Waals surface area contributed by atoms with Crippen molar-refractivity contribution in [1.29, 1.82) is 0 Å². The van der Waals surface area contributed by atoms with Gasteiger partial charge in [0.2, 0.25) is 5.91 Å². The van der Waals surface area contributed by atoms with E-state index in [1.807, 2.05) is 17.5 Å². The van der Waals surface area contributed by atoms with Crippen LogP contribution in [-0.4, -0.2) is 52.3 Å². The summed E-state index contributed by atoms with van der Waals surface area (Å²) in [6, 6.07) is 15.2. The normalized spacial score (nSPS) is 15.0. The third kappa shape index (κ3) is 6.73. The van der Waals surface area contributed by atoms with Gasteiger partial charge in [0.15, 0.2) is 0 Å². The highest BCUT2D eigenvalue weighted by Crippen LogP contribution is 2.19. The van der Waals surface area contributed by atoms with Crippen LogP contribution >= 0.6 is 11.3 Å². The highest BCUT2D eigenvalue weighted by molar-refractivity contribution is 7.09. The van der Waals surface area contributed by atoms with Gasteiger partial charge in [0.1, 0.15) is 12.4 Å². The van der Waals surface area contributed by atoms with E-state index in [1.165, 1.54) is 52.6 Å². The van der Waals surface area contributed by atoms with Crippen molar-refractivity contribution in [1.82, 2.24) is 9.80 Å². The van der Waals surface area contributed by atoms with E-state index in [0.29, 0.717) is 13.2 Å². The zero-order chi connectivity index (χ0) is 25.5. The molecule has 188 valence electrons. The molecule has 0 aliphatic carbocycles. The number of ether oxygens (including phenoxy) is 1. The molecule has 2 heterocycles. The number of halogens is 1. The molecule has 1 aromatic heterocycles. The Bertz CT molecular complexity index is 1180. The van der Waals surface area contributed by atoms with Crippen LogP contribution < -0.4 is 0 Å². The standard InChI is InChI=1S/C26H26FN3O5S/c27-21-9-5-19(6-10-21)15-28(17-24-4-2-14-36-24)25(31)18-29(16-23-3-1-13-35-23)26(32)20-7-11-22(12-8-20)30(33)34/h2,4-12,14,23H,1,3,13,15-18H2. The topological polar surface area (TPSA) is 93.0 Å². The minimum Gasteiger partial charge on any atom is -0.376 e. The Morgan fingerprint density at radius 1 is 1.06 bits per heavy atom. The summed E-state index contributed by atoms with van der Waals surface area (Å²) >= 11 is 1.52. The average molecular weight is 512 g/mol. The van der Waals surface area contributed by atoms with Crippen LogP contribution in [0.5, 0.6) is 0 Å². The van der Waals surface area contributed by atoms with Crippen molar-refractivity contribution in [3.05, 3.63) is 98.0 Å². The number of carbonyl (C=O) groups is 2. The first-order chi connectivity index (χ1) is 17.4. The van der Waals surface area contributed by atoms with E-state index >= 15 is 0 Å². The number of nitro benzene ring substituents is 1. The van der Waals surface area contributed by atoms with Gasteiger partial charge in [-0.05, 0) is 54.1 Å². The molecule has 1 aliphatic heterocycles. The van der Waals surface area contributed by atoms with Gasteiger partial charge in [-0.1, -0.05) is 18.2 Å². The van der Waals surface area contributed by atoms with Gasteiger partial charge in [0, 0.05) is 42.3 Å². The molecule has 0 radical (unpaired) electrons. The van der Waals surface area contributed by atoms with Crippen LogP contribution in [0.1, 0.15) is 33.6 Å². The first-order valence-electron chi connectivity index (χ1n) is 11.6. The SMILES string of the molecule is O=C(CN(CC1CCCO1)C(=O)c1ccc([N+](=O)[O-])cc1)N(Cc1ccc(F)cc1)Cc1cccs1. The Hall–Kier alpha value is -3.63. The summed E-state index contributed by atoms with van der Waals surface area (Å²) in [6.07, 6.45) is 1.49. The van der Waals surface area contributed by atoms with Gasteiger partial charge in [-0.25, -0.2) is 4.39 Å². The first kappa shape index (κ1) is 25.5. The fourth-order valence-corrected chi connectivity index (χ4v) is 4.78. The molecular formula is C26H26FN3O5S. The molecule has 3 aromatic rings. The highest BCUT2D eigenvalue weighted by Gasteiger charge is 2.27. The lowest BCUT2D eigenvalue weighted by atomic mass is 10.1. The highest BCUT2D eigenvalue weighted by atomic mass is 32.1. The summed E-state index contributed by atoms with van der Waals surface area (Å²) in [6.45, 7) is 1.28. The molecular weight excluding hydrogens is 485 g/mol. The molecule has 1 unspecified atom stereocenters. The van der Waals surface area contributed by atoms with E-state index in [2.05, 4.69) is 0 Å². The maximum absolute atomic E-state index is 13.5. The lowest BCUT2D eigenvalue weighted by Gasteiger charge is -2.29. The maximum atomic E-state index is 13.5. The lowest BCUT2D eigenvalue weighted by Crippen LogP contribution is -2.45. The molecule has 1 saturated heterocycles. The molecule has 2 amide bonds. The zero-order valence-electron chi connectivity index (χ0n) is 19.5. The minimum absolute atomic E-state index is 0.116. The molecule has 10 heteroatoms. The summed E-state index contributed by atoms with van der Waals surface area (Å²) in [4.78, 5) is 41.5. The third-order valence-electron chi connectivity index (χ3n) is 5.95. The van der Waals surface area contributed by atoms with Gasteiger partial charge >= 0.3 is 0 Å². The Balaban J connectivity index is 1.54. The van der Waals surface area contributed by atoms with Crippen LogP contribution in [0.4, 0.5) is 10.1 Å². The van der Waals surface area contributed by atoms with E-state index in [0.717, 1.165) is 23.3 Å². The van der Waals surface area contributed by atoms with Crippen LogP contribution in [-0.2, 0) is 22.6 Å². The molecule has 2 aromatic carbocycles. The summed E-state index contributed by atoms with van der Waals surface area (Å²) in [5, 5.41) is 12.9. The monoisotopic (exact) mass is 511 g/mol. The summed E-state index contributed by atoms with van der Waals surface area (Å²) in [7, 11) is 0. The van der Waals surface area contributed by atoms with Crippen molar-refractivity contribution >= 4 is 28.8 Å². The van der Waals surface area contributed by atoms with Gasteiger partial charge in [-0.3, -0.25) is 19.7 Å². The van der Waals surface area contributed by atoms with Crippen molar-refractivity contribution in [2.24, 2.45) is 0 Å². The minimum atomic E-state index is -0.528. The number of hydrogen-bond donors (Lipinski definition) is 0. The third-order valence-corrected chi connectivity index (χ3v) is 6.81. The molecule has 0 N–H and O–H groups in total. The van der Waals surface area contributed by atoms with Crippen LogP contribution in [0.15, 0.2) is 66.0 Å². The van der Waals surface area contributed by atoms with Crippen molar-refractivity contribution in [2.75, 3.05) is 19.7 Å². The van der Waals surface area contributed by atoms with Gasteiger partial charge in [0.05, 0.1) is 17.6 Å². The maximum Gasteiger partial charge on any atom is 0.269 e. The number of nitro groups is 1. The molecule has 1 atom stereocenters. The second-order valence-corrected chi connectivity index (χ2v) is 9.61. The largest absolute Gasteiger partial charge is 0.376 e. The van der Waals surface area contributed by atoms with Gasteiger partial charge < -0.3 is 14.5 Å². The fourth-order valence-electron chi connectivity index (χ4n) is 4.06. The van der Waals surface area contributed by atoms with Gasteiger partial charge in [0.25, 0.3) is 11.6 Å². The van der Waals surface area contributed by atoms with Crippen LogP contribution in [0, 0.1) is 15.9 Å². The second kappa shape index (κ2) is 11.9. The van der Waals surface area contributed by atoms with Crippen molar-refractivity contribution in [3.8, 4) is 0 Å². The molecule has 36 heavy (non-hydrogen) atoms. The number of rotatable bonds is 10. The number of nitrogens with zero attached hydrogens (tertiary/aromatic N) is 3. The summed E-state index contributed by atoms with van der Waals surface area (Å²) in [5.41, 5.74) is 0.915. The molecule has 1 fully saturated rings. The summed E-state index contributed by atoms with van der Waals surface area (Å²) < 4.78 is 19.1. The van der Waals surface area contributed by atoms with Crippen LogP contribution in [0.3, 0.4) is 0 Å². The molecule has 0 saturated carbocycles. The first-order valence-corrected chi connectivity index (χ1v) is 12.5. The average Bonchev–Trinajstić information content (AvgIpc) is 3.58. The number of carbonyl (C=O) groups excluding carboxylic acids is 2. The molecule has 1 aliphatic rings. The van der Waals surface area contributed by atoms with Crippen LogP contribution in [0.25, 0.3) is 0 Å².